The zero-order valence-corrected chi connectivity index (χ0v) is 6.77. The van der Waals surface area contributed by atoms with Crippen molar-refractivity contribution in [3.63, 3.8) is 0 Å². The van der Waals surface area contributed by atoms with Crippen LogP contribution < -0.4 is 5.46 Å². The first-order chi connectivity index (χ1) is 4.22. The zero-order valence-electron chi connectivity index (χ0n) is 5.19. The van der Waals surface area contributed by atoms with E-state index in [0.29, 0.717) is 0 Å². The second-order valence-corrected chi connectivity index (χ2v) is 2.81. The minimum atomic E-state index is 0.837. The number of rotatable bonds is 0. The molecule has 0 aliphatic carbocycles. The molecule has 1 aromatic carbocycles. The summed E-state index contributed by atoms with van der Waals surface area (Å²) in [6.45, 7) is 1.99. The van der Waals surface area contributed by atoms with E-state index in [4.69, 9.17) is 7.85 Å². The number of halogens is 1. The molecule has 0 spiro atoms. The van der Waals surface area contributed by atoms with Gasteiger partial charge < -0.3 is 0 Å². The molecule has 1 rings (SSSR count). The van der Waals surface area contributed by atoms with E-state index in [9.17, 15) is 0 Å². The monoisotopic (exact) mass is 180 g/mol. The molecule has 0 aliphatic heterocycles. The largest absolute Gasteiger partial charge is 0.114 e. The Hall–Kier alpha value is -0.235. The van der Waals surface area contributed by atoms with Crippen molar-refractivity contribution in [2.24, 2.45) is 0 Å². The van der Waals surface area contributed by atoms with Crippen molar-refractivity contribution in [1.29, 1.82) is 0 Å². The van der Waals surface area contributed by atoms with Gasteiger partial charge in [-0.2, -0.15) is 0 Å². The summed E-state index contributed by atoms with van der Waals surface area (Å²) in [6, 6.07) is 5.79. The normalized spacial score (nSPS) is 9.56. The summed E-state index contributed by atoms with van der Waals surface area (Å²) < 4.78 is 1.07. The van der Waals surface area contributed by atoms with Gasteiger partial charge in [0.15, 0.2) is 0 Å². The molecular weight excluding hydrogens is 175 g/mol. The smallest absolute Gasteiger partial charge is 0.0927 e. The highest BCUT2D eigenvalue weighted by molar-refractivity contribution is 9.10. The third kappa shape index (κ3) is 1.36. The van der Waals surface area contributed by atoms with Gasteiger partial charge in [-0.25, -0.2) is 0 Å². The van der Waals surface area contributed by atoms with Gasteiger partial charge in [0.25, 0.3) is 0 Å². The lowest BCUT2D eigenvalue weighted by molar-refractivity contribution is 1.47. The summed E-state index contributed by atoms with van der Waals surface area (Å²) in [5, 5.41) is 0. The molecular formula is C7H6BBr. The van der Waals surface area contributed by atoms with Gasteiger partial charge in [0.05, 0.1) is 0 Å². The first-order valence-electron chi connectivity index (χ1n) is 2.72. The van der Waals surface area contributed by atoms with Crippen LogP contribution in [0.25, 0.3) is 0 Å². The van der Waals surface area contributed by atoms with E-state index in [-0.39, 0.29) is 0 Å². The summed E-state index contributed by atoms with van der Waals surface area (Å²) in [4.78, 5) is 0. The van der Waals surface area contributed by atoms with E-state index in [1.807, 2.05) is 25.1 Å². The van der Waals surface area contributed by atoms with Gasteiger partial charge in [-0.15, -0.1) is 0 Å². The maximum absolute atomic E-state index is 5.59. The maximum atomic E-state index is 5.59. The summed E-state index contributed by atoms with van der Waals surface area (Å²) in [5.74, 6) is 0. The van der Waals surface area contributed by atoms with Gasteiger partial charge in [0.1, 0.15) is 7.85 Å². The topological polar surface area (TPSA) is 0 Å². The van der Waals surface area contributed by atoms with Crippen LogP contribution in [-0.4, -0.2) is 7.85 Å². The van der Waals surface area contributed by atoms with E-state index in [2.05, 4.69) is 15.9 Å². The molecule has 44 valence electrons. The molecule has 2 heteroatoms. The summed E-state index contributed by atoms with van der Waals surface area (Å²) in [6.07, 6.45) is 0. The van der Waals surface area contributed by atoms with Crippen molar-refractivity contribution in [2.45, 2.75) is 6.92 Å². The van der Waals surface area contributed by atoms with E-state index in [0.717, 1.165) is 15.5 Å². The molecule has 0 fully saturated rings. The Morgan fingerprint density at radius 3 is 2.56 bits per heavy atom. The molecule has 0 amide bonds. The number of hydrogen-bond acceptors (Lipinski definition) is 0. The molecule has 0 N–H and O–H groups in total. The molecule has 0 nitrogen and oxygen atoms in total. The molecule has 2 radical (unpaired) electrons. The predicted octanol–water partition coefficient (Wildman–Crippen LogP) is 1.55. The highest BCUT2D eigenvalue weighted by Crippen LogP contribution is 2.11. The van der Waals surface area contributed by atoms with Crippen LogP contribution >= 0.6 is 15.9 Å². The number of hydrogen-bond donors (Lipinski definition) is 0. The second kappa shape index (κ2) is 2.57. The highest BCUT2D eigenvalue weighted by Gasteiger charge is 1.93. The molecule has 0 aliphatic rings. The minimum absolute atomic E-state index is 0.837. The summed E-state index contributed by atoms with van der Waals surface area (Å²) in [7, 11) is 5.59. The minimum Gasteiger partial charge on any atom is -0.0927 e. The van der Waals surface area contributed by atoms with Crippen molar-refractivity contribution in [3.8, 4) is 0 Å². The van der Waals surface area contributed by atoms with Crippen LogP contribution in [0, 0.1) is 6.92 Å². The van der Waals surface area contributed by atoms with E-state index < -0.39 is 0 Å². The molecule has 0 saturated carbocycles. The lowest BCUT2D eigenvalue weighted by atomic mass is 9.92. The van der Waals surface area contributed by atoms with Crippen LogP contribution in [0.3, 0.4) is 0 Å². The second-order valence-electron chi connectivity index (χ2n) is 1.95. The van der Waals surface area contributed by atoms with Crippen LogP contribution in [-0.2, 0) is 0 Å². The quantitative estimate of drug-likeness (QED) is 0.532. The van der Waals surface area contributed by atoms with Gasteiger partial charge in [-0.1, -0.05) is 33.5 Å². The van der Waals surface area contributed by atoms with Gasteiger partial charge in [-0.05, 0) is 18.6 Å². The highest BCUT2D eigenvalue weighted by atomic mass is 79.9. The average molecular weight is 181 g/mol. The van der Waals surface area contributed by atoms with Crippen molar-refractivity contribution < 1.29 is 0 Å². The van der Waals surface area contributed by atoms with E-state index in [1.54, 1.807) is 0 Å². The van der Waals surface area contributed by atoms with Crippen LogP contribution in [0.2, 0.25) is 0 Å². The van der Waals surface area contributed by atoms with E-state index in [1.165, 1.54) is 0 Å². The molecule has 0 bridgehead atoms. The SMILES string of the molecule is [B]c1cccc(Br)c1C. The number of benzene rings is 1. The molecule has 0 atom stereocenters. The molecule has 0 aromatic heterocycles. The van der Waals surface area contributed by atoms with Gasteiger partial charge in [0.2, 0.25) is 0 Å². The Morgan fingerprint density at radius 2 is 2.11 bits per heavy atom. The van der Waals surface area contributed by atoms with Crippen LogP contribution in [0.15, 0.2) is 22.7 Å². The predicted molar refractivity (Wildman–Crippen MR) is 44.3 cm³/mol. The van der Waals surface area contributed by atoms with Crippen molar-refractivity contribution >= 4 is 29.2 Å². The lowest BCUT2D eigenvalue weighted by Crippen LogP contribution is -2.05. The Morgan fingerprint density at radius 1 is 1.44 bits per heavy atom. The van der Waals surface area contributed by atoms with E-state index >= 15 is 0 Å². The fourth-order valence-corrected chi connectivity index (χ4v) is 1.01. The van der Waals surface area contributed by atoms with Crippen molar-refractivity contribution in [2.75, 3.05) is 0 Å². The van der Waals surface area contributed by atoms with Gasteiger partial charge in [0, 0.05) is 4.47 Å². The average Bonchev–Trinajstić information content (AvgIpc) is 1.83. The third-order valence-electron chi connectivity index (χ3n) is 1.31. The van der Waals surface area contributed by atoms with Crippen LogP contribution in [0.5, 0.6) is 0 Å². The van der Waals surface area contributed by atoms with Gasteiger partial charge >= 0.3 is 0 Å². The molecule has 1 aromatic rings. The lowest BCUT2D eigenvalue weighted by Gasteiger charge is -1.99. The Balaban J connectivity index is 3.25. The Labute approximate surface area is 64.8 Å². The Bertz CT molecular complexity index is 200. The molecule has 0 unspecified atom stereocenters. The summed E-state index contributed by atoms with van der Waals surface area (Å²) in [5.41, 5.74) is 1.95. The summed E-state index contributed by atoms with van der Waals surface area (Å²) >= 11 is 3.37. The Kier molecular flexibility index (Phi) is 1.96. The van der Waals surface area contributed by atoms with Crippen molar-refractivity contribution in [3.05, 3.63) is 28.2 Å². The fourth-order valence-electron chi connectivity index (χ4n) is 0.624. The first-order valence-corrected chi connectivity index (χ1v) is 3.51. The van der Waals surface area contributed by atoms with Gasteiger partial charge in [-0.3, -0.25) is 0 Å². The fraction of sp³-hybridized carbons (Fsp3) is 0.143. The third-order valence-corrected chi connectivity index (χ3v) is 2.17. The first kappa shape index (κ1) is 6.88. The van der Waals surface area contributed by atoms with Crippen LogP contribution in [0.4, 0.5) is 0 Å². The molecule has 9 heavy (non-hydrogen) atoms. The van der Waals surface area contributed by atoms with Crippen LogP contribution in [0.1, 0.15) is 5.56 Å². The maximum Gasteiger partial charge on any atom is 0.114 e. The standard InChI is InChI=1S/C7H6BBr/c1-5-6(8)3-2-4-7(5)9/h2-4H,1H3. The van der Waals surface area contributed by atoms with Crippen molar-refractivity contribution in [1.82, 2.24) is 0 Å². The molecule has 0 saturated heterocycles. The zero-order chi connectivity index (χ0) is 6.85. The molecule has 0 heterocycles.